The molecule has 0 heterocycles. The number of amides is 1. The van der Waals surface area contributed by atoms with Gasteiger partial charge in [0, 0.05) is 12.8 Å². The molecule has 0 fully saturated rings. The molecule has 420 valence electrons. The molecule has 1 amide bonds. The van der Waals surface area contributed by atoms with Crippen LogP contribution in [0.2, 0.25) is 0 Å². The molecule has 0 aliphatic rings. The fourth-order valence-electron chi connectivity index (χ4n) is 8.51. The van der Waals surface area contributed by atoms with Crippen molar-refractivity contribution in [3.05, 3.63) is 60.8 Å². The van der Waals surface area contributed by atoms with Crippen LogP contribution in [0.15, 0.2) is 60.8 Å². The summed E-state index contributed by atoms with van der Waals surface area (Å²) in [6, 6.07) is -0.903. The summed E-state index contributed by atoms with van der Waals surface area (Å²) in [5, 5.41) is 3.01. The van der Waals surface area contributed by atoms with Crippen molar-refractivity contribution >= 4 is 19.7 Å². The van der Waals surface area contributed by atoms with E-state index in [0.29, 0.717) is 17.4 Å². The van der Waals surface area contributed by atoms with Crippen molar-refractivity contribution in [3.63, 3.8) is 0 Å². The molecule has 0 saturated heterocycles. The molecular weight excluding hydrogens is 916 g/mol. The number of esters is 1. The van der Waals surface area contributed by atoms with Gasteiger partial charge in [-0.05, 0) is 76.7 Å². The number of phosphoric ester groups is 1. The number of quaternary nitrogens is 1. The molecule has 9 nitrogen and oxygen atoms in total. The van der Waals surface area contributed by atoms with Crippen molar-refractivity contribution in [3.8, 4) is 0 Å². The highest BCUT2D eigenvalue weighted by Gasteiger charge is 2.27. The van der Waals surface area contributed by atoms with Gasteiger partial charge in [-0.25, -0.2) is 0 Å². The third-order valence-electron chi connectivity index (χ3n) is 13.2. The number of nitrogens with zero attached hydrogens (tertiary/aromatic N) is 1. The molecule has 3 unspecified atom stereocenters. The molecule has 10 heteroatoms. The Labute approximate surface area is 445 Å². The van der Waals surface area contributed by atoms with Crippen LogP contribution in [0, 0.1) is 0 Å². The first-order valence-corrected chi connectivity index (χ1v) is 31.6. The first kappa shape index (κ1) is 69.7. The molecule has 0 rings (SSSR count). The number of hydrogen-bond donors (Lipinski definition) is 1. The first-order valence-electron chi connectivity index (χ1n) is 30.1. The van der Waals surface area contributed by atoms with E-state index >= 15 is 0 Å². The van der Waals surface area contributed by atoms with Gasteiger partial charge in [0.2, 0.25) is 5.91 Å². The summed E-state index contributed by atoms with van der Waals surface area (Å²) in [5.41, 5.74) is 0. The normalized spacial score (nSPS) is 14.2. The minimum atomic E-state index is -4.70. The first-order chi connectivity index (χ1) is 34.9. The summed E-state index contributed by atoms with van der Waals surface area (Å²) in [4.78, 5) is 39.9. The van der Waals surface area contributed by atoms with Gasteiger partial charge in [0.1, 0.15) is 19.3 Å². The van der Waals surface area contributed by atoms with Crippen LogP contribution < -0.4 is 10.2 Å². The Balaban J connectivity index is 5.38. The summed E-state index contributed by atoms with van der Waals surface area (Å²) < 4.78 is 30.3. The number of nitrogens with one attached hydrogen (secondary N) is 1. The molecule has 0 aromatic carbocycles. The number of unbranched alkanes of at least 4 members (excludes halogenated alkanes) is 30. The number of ether oxygens (including phenoxy) is 1. The topological polar surface area (TPSA) is 114 Å². The van der Waals surface area contributed by atoms with Crippen LogP contribution in [-0.2, 0) is 27.9 Å². The lowest BCUT2D eigenvalue weighted by Crippen LogP contribution is -2.47. The van der Waals surface area contributed by atoms with E-state index in [9.17, 15) is 19.0 Å². The molecule has 72 heavy (non-hydrogen) atoms. The van der Waals surface area contributed by atoms with Crippen LogP contribution in [0.1, 0.15) is 271 Å². The standard InChI is InChI=1S/C62H115N2O7P/c1-7-10-13-16-19-22-25-28-30-31-32-33-34-36-39-42-45-48-51-54-61(65)63-59(58-70-72(67,68)69-57-56-64(4,5)6)60(53-50-47-44-41-38-35-27-24-21-18-15-12-9-3)71-62(66)55-52-49-46-43-40-37-29-26-23-20-17-14-11-8-2/h19,22,28,30,32-33,36,39,50,53,59-60H,7-18,20-21,23-27,29,31,34-35,37-38,40-49,51-52,54-58H2,1-6H3,(H-,63,65,67,68)/b22-19-,30-28-,33-32-,39-36-,53-50-. The lowest BCUT2D eigenvalue weighted by Gasteiger charge is -2.30. The number of likely N-dealkylation sites (N-methyl/N-ethyl adjacent to an activating group) is 1. The number of phosphoric acid groups is 1. The van der Waals surface area contributed by atoms with Gasteiger partial charge in [0.05, 0.1) is 33.8 Å². The predicted molar refractivity (Wildman–Crippen MR) is 307 cm³/mol. The summed E-state index contributed by atoms with van der Waals surface area (Å²) >= 11 is 0. The van der Waals surface area contributed by atoms with Gasteiger partial charge in [-0.2, -0.15) is 0 Å². The molecule has 0 aromatic heterocycles. The fraction of sp³-hybridized carbons (Fsp3) is 0.806. The zero-order valence-electron chi connectivity index (χ0n) is 47.9. The van der Waals surface area contributed by atoms with E-state index in [0.717, 1.165) is 77.0 Å². The lowest BCUT2D eigenvalue weighted by atomic mass is 10.0. The average Bonchev–Trinajstić information content (AvgIpc) is 3.34. The number of rotatable bonds is 54. The van der Waals surface area contributed by atoms with Gasteiger partial charge in [-0.15, -0.1) is 0 Å². The van der Waals surface area contributed by atoms with Crippen molar-refractivity contribution in [2.75, 3.05) is 40.9 Å². The van der Waals surface area contributed by atoms with Crippen molar-refractivity contribution in [1.29, 1.82) is 0 Å². The maximum Gasteiger partial charge on any atom is 0.306 e. The molecule has 0 aliphatic heterocycles. The Morgan fingerprint density at radius 3 is 1.31 bits per heavy atom. The van der Waals surface area contributed by atoms with E-state index in [4.69, 9.17) is 13.8 Å². The van der Waals surface area contributed by atoms with Crippen molar-refractivity contribution in [2.24, 2.45) is 0 Å². The second-order valence-corrected chi connectivity index (χ2v) is 22.9. The lowest BCUT2D eigenvalue weighted by molar-refractivity contribution is -0.870. The monoisotopic (exact) mass is 1030 g/mol. The molecule has 0 aromatic rings. The number of allylic oxidation sites excluding steroid dienone is 9. The quantitative estimate of drug-likeness (QED) is 0.0212. The Bertz CT molecular complexity index is 1420. The predicted octanol–water partition coefficient (Wildman–Crippen LogP) is 17.6. The third-order valence-corrected chi connectivity index (χ3v) is 14.2. The molecule has 0 bridgehead atoms. The van der Waals surface area contributed by atoms with Crippen LogP contribution in [0.4, 0.5) is 0 Å². The molecule has 0 spiro atoms. The van der Waals surface area contributed by atoms with Gasteiger partial charge in [0.25, 0.3) is 7.82 Å². The minimum absolute atomic E-state index is 0.0289. The van der Waals surface area contributed by atoms with Gasteiger partial charge >= 0.3 is 5.97 Å². The zero-order valence-corrected chi connectivity index (χ0v) is 48.8. The summed E-state index contributed by atoms with van der Waals surface area (Å²) in [6.45, 7) is 6.80. The van der Waals surface area contributed by atoms with E-state index in [-0.39, 0.29) is 31.3 Å². The highest BCUT2D eigenvalue weighted by atomic mass is 31.2. The maximum atomic E-state index is 13.5. The summed E-state index contributed by atoms with van der Waals surface area (Å²) in [5.74, 6) is -0.571. The summed E-state index contributed by atoms with van der Waals surface area (Å²) in [6.07, 6.45) is 64.6. The van der Waals surface area contributed by atoms with Crippen molar-refractivity contribution in [2.45, 2.75) is 283 Å². The number of carbonyl (C=O) groups excluding carboxylic acids is 2. The van der Waals surface area contributed by atoms with E-state index in [2.05, 4.69) is 74.7 Å². The van der Waals surface area contributed by atoms with Crippen LogP contribution in [-0.4, -0.2) is 69.4 Å². The smallest absolute Gasteiger partial charge is 0.306 e. The van der Waals surface area contributed by atoms with E-state index in [1.54, 1.807) is 0 Å². The number of hydrogen-bond acceptors (Lipinski definition) is 7. The Kier molecular flexibility index (Phi) is 50.5. The average molecular weight is 1030 g/mol. The van der Waals surface area contributed by atoms with Gasteiger partial charge in [0.15, 0.2) is 0 Å². The SMILES string of the molecule is CCCCC/C=C\C/C=C\C/C=C\C/C=C\CCCCCC(=O)NC(COP(=O)([O-])OCC[N+](C)(C)C)C(/C=C\CCCCCCCCCCCCC)OC(=O)CCCCCCCCCCCCCCCC. The van der Waals surface area contributed by atoms with Crippen LogP contribution >= 0.6 is 7.82 Å². The van der Waals surface area contributed by atoms with Crippen LogP contribution in [0.3, 0.4) is 0 Å². The Hall–Kier alpha value is -2.29. The fourth-order valence-corrected chi connectivity index (χ4v) is 9.23. The zero-order chi connectivity index (χ0) is 52.9. The van der Waals surface area contributed by atoms with E-state index in [1.165, 1.54) is 154 Å². The Morgan fingerprint density at radius 2 is 0.847 bits per heavy atom. The van der Waals surface area contributed by atoms with Gasteiger partial charge < -0.3 is 28.5 Å². The van der Waals surface area contributed by atoms with Crippen LogP contribution in [0.5, 0.6) is 0 Å². The maximum absolute atomic E-state index is 13.5. The molecular formula is C62H115N2O7P. The molecule has 3 atom stereocenters. The van der Waals surface area contributed by atoms with Gasteiger partial charge in [-0.3, -0.25) is 14.2 Å². The largest absolute Gasteiger partial charge is 0.756 e. The second kappa shape index (κ2) is 52.2. The minimum Gasteiger partial charge on any atom is -0.756 e. The van der Waals surface area contributed by atoms with E-state index < -0.39 is 26.6 Å². The second-order valence-electron chi connectivity index (χ2n) is 21.5. The highest BCUT2D eigenvalue weighted by molar-refractivity contribution is 7.45. The highest BCUT2D eigenvalue weighted by Crippen LogP contribution is 2.38. The Morgan fingerprint density at radius 1 is 0.486 bits per heavy atom. The summed E-state index contributed by atoms with van der Waals surface area (Å²) in [7, 11) is 1.16. The van der Waals surface area contributed by atoms with Gasteiger partial charge in [-0.1, -0.05) is 242 Å². The molecule has 1 N–H and O–H groups in total. The van der Waals surface area contributed by atoms with E-state index in [1.807, 2.05) is 33.3 Å². The van der Waals surface area contributed by atoms with Crippen molar-refractivity contribution in [1.82, 2.24) is 5.32 Å². The van der Waals surface area contributed by atoms with Crippen LogP contribution in [0.25, 0.3) is 0 Å². The van der Waals surface area contributed by atoms with Crippen molar-refractivity contribution < 1.29 is 37.3 Å². The molecule has 0 radical (unpaired) electrons. The number of carbonyl (C=O) groups is 2. The molecule has 0 saturated carbocycles. The third kappa shape index (κ3) is 52.6. The molecule has 0 aliphatic carbocycles.